The molecule has 0 aliphatic carbocycles. The highest BCUT2D eigenvalue weighted by Gasteiger charge is 2.08. The molecule has 1 aromatic rings. The molecule has 1 rings (SSSR count). The number of aliphatic hydroxyl groups is 1. The van der Waals surface area contributed by atoms with E-state index in [-0.39, 0.29) is 12.7 Å². The zero-order chi connectivity index (χ0) is 10.6. The molecule has 0 aromatic heterocycles. The van der Waals surface area contributed by atoms with Crippen molar-refractivity contribution in [1.29, 1.82) is 0 Å². The fraction of sp³-hybridized carbons (Fsp3) is 0.455. The van der Waals surface area contributed by atoms with Crippen LogP contribution in [0.15, 0.2) is 18.2 Å². The standard InChI is InChI=1S/C11H14FO2/c1-8(13)7-14-9(2)10-4-3-5-11(12)6-10/h3-5,8-9,13H,7H2,1-2H3/t8-,9-/m1/s1. The van der Waals surface area contributed by atoms with Crippen LogP contribution in [0.4, 0.5) is 4.39 Å². The first-order valence-corrected chi connectivity index (χ1v) is 4.57. The van der Waals surface area contributed by atoms with Crippen molar-refractivity contribution < 1.29 is 14.2 Å². The van der Waals surface area contributed by atoms with E-state index in [1.165, 1.54) is 6.07 Å². The molecule has 0 bridgehead atoms. The first kappa shape index (κ1) is 11.1. The molecule has 77 valence electrons. The molecule has 0 fully saturated rings. The average molecular weight is 197 g/mol. The van der Waals surface area contributed by atoms with Crippen molar-refractivity contribution in [3.8, 4) is 0 Å². The summed E-state index contributed by atoms with van der Waals surface area (Å²) in [4.78, 5) is 0. The van der Waals surface area contributed by atoms with Gasteiger partial charge in [-0.2, -0.15) is 0 Å². The number of rotatable bonds is 4. The van der Waals surface area contributed by atoms with E-state index in [2.05, 4.69) is 6.07 Å². The van der Waals surface area contributed by atoms with Crippen LogP contribution in [-0.2, 0) is 4.74 Å². The Morgan fingerprint density at radius 1 is 1.50 bits per heavy atom. The Morgan fingerprint density at radius 2 is 2.21 bits per heavy atom. The number of aliphatic hydroxyl groups excluding tert-OH is 1. The maximum absolute atomic E-state index is 12.8. The molecule has 2 nitrogen and oxygen atoms in total. The second-order valence-corrected chi connectivity index (χ2v) is 3.28. The quantitative estimate of drug-likeness (QED) is 0.800. The maximum Gasteiger partial charge on any atom is 0.131 e. The van der Waals surface area contributed by atoms with Gasteiger partial charge in [-0.1, -0.05) is 12.1 Å². The van der Waals surface area contributed by atoms with Crippen LogP contribution in [0.2, 0.25) is 0 Å². The summed E-state index contributed by atoms with van der Waals surface area (Å²) < 4.78 is 18.1. The minimum atomic E-state index is -0.508. The molecule has 0 amide bonds. The van der Waals surface area contributed by atoms with Crippen molar-refractivity contribution in [3.05, 3.63) is 35.6 Å². The molecule has 14 heavy (non-hydrogen) atoms. The van der Waals surface area contributed by atoms with Crippen molar-refractivity contribution >= 4 is 0 Å². The van der Waals surface area contributed by atoms with Crippen LogP contribution >= 0.6 is 0 Å². The van der Waals surface area contributed by atoms with Crippen molar-refractivity contribution in [2.45, 2.75) is 26.1 Å². The van der Waals surface area contributed by atoms with Gasteiger partial charge in [0.15, 0.2) is 0 Å². The van der Waals surface area contributed by atoms with Crippen LogP contribution in [0.3, 0.4) is 0 Å². The van der Waals surface area contributed by atoms with Crippen LogP contribution in [0, 0.1) is 11.9 Å². The van der Waals surface area contributed by atoms with Crippen LogP contribution in [0.1, 0.15) is 25.5 Å². The Kier molecular flexibility index (Phi) is 4.04. The van der Waals surface area contributed by atoms with E-state index in [9.17, 15) is 4.39 Å². The monoisotopic (exact) mass is 197 g/mol. The van der Waals surface area contributed by atoms with Gasteiger partial charge in [0.25, 0.3) is 0 Å². The molecule has 0 saturated heterocycles. The Balaban J connectivity index is 2.56. The average Bonchev–Trinajstić information content (AvgIpc) is 2.14. The molecular weight excluding hydrogens is 183 g/mol. The van der Waals surface area contributed by atoms with E-state index in [4.69, 9.17) is 9.84 Å². The van der Waals surface area contributed by atoms with E-state index >= 15 is 0 Å². The smallest absolute Gasteiger partial charge is 0.131 e. The zero-order valence-electron chi connectivity index (χ0n) is 8.33. The Morgan fingerprint density at radius 3 is 2.79 bits per heavy atom. The van der Waals surface area contributed by atoms with E-state index in [1.807, 2.05) is 0 Å². The lowest BCUT2D eigenvalue weighted by molar-refractivity contribution is 0.00428. The third kappa shape index (κ3) is 3.44. The zero-order valence-corrected chi connectivity index (χ0v) is 8.33. The first-order valence-electron chi connectivity index (χ1n) is 4.57. The van der Waals surface area contributed by atoms with Crippen LogP contribution in [-0.4, -0.2) is 17.8 Å². The molecule has 1 aromatic carbocycles. The topological polar surface area (TPSA) is 29.5 Å². The summed E-state index contributed by atoms with van der Waals surface area (Å²) >= 11 is 0. The summed E-state index contributed by atoms with van der Waals surface area (Å²) in [6.07, 6.45) is -0.758. The Hall–Kier alpha value is -0.930. The van der Waals surface area contributed by atoms with Crippen molar-refractivity contribution in [3.63, 3.8) is 0 Å². The van der Waals surface area contributed by atoms with Gasteiger partial charge >= 0.3 is 0 Å². The molecule has 0 aliphatic heterocycles. The number of ether oxygens (including phenoxy) is 1. The molecule has 0 aliphatic rings. The highest BCUT2D eigenvalue weighted by atomic mass is 19.1. The number of hydrogen-bond acceptors (Lipinski definition) is 2. The van der Waals surface area contributed by atoms with Gasteiger partial charge in [0.1, 0.15) is 5.82 Å². The van der Waals surface area contributed by atoms with Gasteiger partial charge in [-0.3, -0.25) is 0 Å². The van der Waals surface area contributed by atoms with Crippen molar-refractivity contribution in [2.75, 3.05) is 6.61 Å². The SMILES string of the molecule is C[C@@H](O)CO[C@H](C)c1[c]c(F)ccc1. The van der Waals surface area contributed by atoms with Gasteiger partial charge < -0.3 is 9.84 Å². The molecule has 0 saturated carbocycles. The summed E-state index contributed by atoms with van der Waals surface area (Å²) in [5.41, 5.74) is 0.658. The second-order valence-electron chi connectivity index (χ2n) is 3.28. The minimum Gasteiger partial charge on any atom is -0.391 e. The lowest BCUT2D eigenvalue weighted by atomic mass is 10.1. The van der Waals surface area contributed by atoms with E-state index in [0.29, 0.717) is 5.56 Å². The van der Waals surface area contributed by atoms with Gasteiger partial charge in [-0.15, -0.1) is 0 Å². The largest absolute Gasteiger partial charge is 0.391 e. The molecule has 0 heterocycles. The molecule has 2 atom stereocenters. The number of hydrogen-bond donors (Lipinski definition) is 1. The van der Waals surface area contributed by atoms with Crippen LogP contribution in [0.25, 0.3) is 0 Å². The van der Waals surface area contributed by atoms with E-state index in [0.717, 1.165) is 0 Å². The summed E-state index contributed by atoms with van der Waals surface area (Å²) in [5, 5.41) is 8.99. The van der Waals surface area contributed by atoms with Gasteiger partial charge in [-0.25, -0.2) is 4.39 Å². The third-order valence-electron chi connectivity index (χ3n) is 1.81. The summed E-state index contributed by atoms with van der Waals surface area (Å²) in [7, 11) is 0. The highest BCUT2D eigenvalue weighted by molar-refractivity contribution is 5.16. The molecule has 0 spiro atoms. The van der Waals surface area contributed by atoms with Crippen molar-refractivity contribution in [2.24, 2.45) is 0 Å². The van der Waals surface area contributed by atoms with Crippen LogP contribution < -0.4 is 0 Å². The van der Waals surface area contributed by atoms with Gasteiger partial charge in [0, 0.05) is 6.07 Å². The fourth-order valence-electron chi connectivity index (χ4n) is 1.07. The molecule has 0 unspecified atom stereocenters. The first-order chi connectivity index (χ1) is 6.59. The molecular formula is C11H14FO2. The molecule has 1 radical (unpaired) electrons. The van der Waals surface area contributed by atoms with E-state index in [1.54, 1.807) is 26.0 Å². The normalized spacial score (nSPS) is 15.1. The lowest BCUT2D eigenvalue weighted by Crippen LogP contribution is -2.12. The predicted octanol–water partition coefficient (Wildman–Crippen LogP) is 2.08. The molecule has 3 heteroatoms. The number of benzene rings is 1. The van der Waals surface area contributed by atoms with E-state index < -0.39 is 11.9 Å². The van der Waals surface area contributed by atoms with Crippen LogP contribution in [0.5, 0.6) is 0 Å². The fourth-order valence-corrected chi connectivity index (χ4v) is 1.07. The van der Waals surface area contributed by atoms with Crippen molar-refractivity contribution in [1.82, 2.24) is 0 Å². The predicted molar refractivity (Wildman–Crippen MR) is 51.3 cm³/mol. The number of halogens is 1. The minimum absolute atomic E-state index is 0.242. The van der Waals surface area contributed by atoms with Gasteiger partial charge in [-0.05, 0) is 25.5 Å². The summed E-state index contributed by atoms with van der Waals surface area (Å²) in [6, 6.07) is 7.26. The lowest BCUT2D eigenvalue weighted by Gasteiger charge is -2.14. The third-order valence-corrected chi connectivity index (χ3v) is 1.81. The Labute approximate surface area is 83.3 Å². The second kappa shape index (κ2) is 5.08. The summed E-state index contributed by atoms with van der Waals surface area (Å²) in [5.74, 6) is -0.394. The summed E-state index contributed by atoms with van der Waals surface area (Å²) in [6.45, 7) is 3.68. The Bertz CT molecular complexity index is 286. The highest BCUT2D eigenvalue weighted by Crippen LogP contribution is 2.16. The van der Waals surface area contributed by atoms with Gasteiger partial charge in [0.05, 0.1) is 18.8 Å². The maximum atomic E-state index is 12.8. The molecule has 1 N–H and O–H groups in total. The van der Waals surface area contributed by atoms with Gasteiger partial charge in [0.2, 0.25) is 0 Å².